The molecule has 0 aliphatic rings. The average molecular weight is 343 g/mol. The first-order valence-corrected chi connectivity index (χ1v) is 9.18. The monoisotopic (exact) mass is 343 g/mol. The third-order valence-corrected chi connectivity index (χ3v) is 5.10. The van der Waals surface area contributed by atoms with E-state index < -0.39 is 9.84 Å². The van der Waals surface area contributed by atoms with Gasteiger partial charge in [-0.25, -0.2) is 8.42 Å². The van der Waals surface area contributed by atoms with Gasteiger partial charge >= 0.3 is 0 Å². The summed E-state index contributed by atoms with van der Waals surface area (Å²) in [6.45, 7) is 1.79. The summed E-state index contributed by atoms with van der Waals surface area (Å²) < 4.78 is 34.7. The van der Waals surface area contributed by atoms with E-state index in [-0.39, 0.29) is 0 Å². The van der Waals surface area contributed by atoms with Gasteiger partial charge in [0, 0.05) is 17.4 Å². The van der Waals surface area contributed by atoms with Crippen molar-refractivity contribution < 1.29 is 17.7 Å². The van der Waals surface area contributed by atoms with Crippen LogP contribution in [-0.2, 0) is 9.84 Å². The number of methoxy groups -OCH3 is 1. The molecule has 0 fully saturated rings. The topological polar surface area (TPSA) is 69.4 Å². The standard InChI is InChI=1S/C18H17NO4S/c1-12-8-14(15-10-19-23-11-15)9-17(18(12)24(3,20)21)13-4-6-16(22-2)7-5-13/h4-11H,1-3H3. The van der Waals surface area contributed by atoms with Gasteiger partial charge in [-0.1, -0.05) is 17.3 Å². The molecular weight excluding hydrogens is 326 g/mol. The van der Waals surface area contributed by atoms with Crippen molar-refractivity contribution in [2.75, 3.05) is 13.4 Å². The quantitative estimate of drug-likeness (QED) is 0.722. The van der Waals surface area contributed by atoms with Crippen molar-refractivity contribution in [1.29, 1.82) is 0 Å². The number of aryl methyl sites for hydroxylation is 1. The van der Waals surface area contributed by atoms with Gasteiger partial charge < -0.3 is 9.26 Å². The Labute approximate surface area is 140 Å². The first kappa shape index (κ1) is 16.3. The zero-order valence-corrected chi connectivity index (χ0v) is 14.4. The van der Waals surface area contributed by atoms with E-state index in [9.17, 15) is 8.42 Å². The van der Waals surface area contributed by atoms with E-state index >= 15 is 0 Å². The highest BCUT2D eigenvalue weighted by Crippen LogP contribution is 2.35. The number of aromatic nitrogens is 1. The van der Waals surface area contributed by atoms with Crippen molar-refractivity contribution in [2.45, 2.75) is 11.8 Å². The van der Waals surface area contributed by atoms with Crippen LogP contribution in [0.15, 0.2) is 58.3 Å². The molecule has 0 N–H and O–H groups in total. The summed E-state index contributed by atoms with van der Waals surface area (Å²) in [5.41, 5.74) is 3.79. The Hall–Kier alpha value is -2.60. The van der Waals surface area contributed by atoms with Crippen molar-refractivity contribution in [2.24, 2.45) is 0 Å². The highest BCUT2D eigenvalue weighted by atomic mass is 32.2. The lowest BCUT2D eigenvalue weighted by Gasteiger charge is -2.14. The number of sulfone groups is 1. The minimum atomic E-state index is -3.38. The van der Waals surface area contributed by atoms with Crippen LogP contribution in [0.25, 0.3) is 22.3 Å². The molecule has 6 heteroatoms. The zero-order valence-electron chi connectivity index (χ0n) is 13.6. The SMILES string of the molecule is COc1ccc(-c2cc(-c3cnoc3)cc(C)c2S(C)(=O)=O)cc1. The second-order valence-corrected chi connectivity index (χ2v) is 7.54. The molecule has 3 aromatic rings. The minimum absolute atomic E-state index is 0.327. The van der Waals surface area contributed by atoms with Gasteiger partial charge in [-0.05, 0) is 47.9 Å². The Morgan fingerprint density at radius 2 is 1.75 bits per heavy atom. The lowest BCUT2D eigenvalue weighted by Crippen LogP contribution is -2.03. The van der Waals surface area contributed by atoms with Crippen molar-refractivity contribution in [3.8, 4) is 28.0 Å². The van der Waals surface area contributed by atoms with Crippen molar-refractivity contribution in [3.63, 3.8) is 0 Å². The fourth-order valence-corrected chi connectivity index (χ4v) is 3.99. The van der Waals surface area contributed by atoms with Gasteiger partial charge in [0.15, 0.2) is 9.84 Å². The molecule has 0 unspecified atom stereocenters. The Morgan fingerprint density at radius 1 is 1.04 bits per heavy atom. The maximum Gasteiger partial charge on any atom is 0.176 e. The van der Waals surface area contributed by atoms with Gasteiger partial charge in [-0.2, -0.15) is 0 Å². The molecule has 1 aromatic heterocycles. The van der Waals surface area contributed by atoms with E-state index in [1.807, 2.05) is 36.4 Å². The molecule has 0 aliphatic heterocycles. The summed E-state index contributed by atoms with van der Waals surface area (Å²) in [5, 5.41) is 3.71. The third kappa shape index (κ3) is 3.05. The molecule has 1 heterocycles. The van der Waals surface area contributed by atoms with Gasteiger partial charge in [0.1, 0.15) is 12.0 Å². The minimum Gasteiger partial charge on any atom is -0.497 e. The molecule has 124 valence electrons. The Bertz CT molecular complexity index is 959. The largest absolute Gasteiger partial charge is 0.497 e. The van der Waals surface area contributed by atoms with Crippen LogP contribution in [0.5, 0.6) is 5.75 Å². The number of ether oxygens (including phenoxy) is 1. The van der Waals surface area contributed by atoms with Crippen LogP contribution in [0.3, 0.4) is 0 Å². The molecule has 0 saturated heterocycles. The van der Waals surface area contributed by atoms with E-state index in [0.717, 1.165) is 16.7 Å². The zero-order chi connectivity index (χ0) is 17.3. The maximum atomic E-state index is 12.3. The van der Waals surface area contributed by atoms with E-state index in [0.29, 0.717) is 21.8 Å². The second kappa shape index (κ2) is 6.13. The first-order valence-electron chi connectivity index (χ1n) is 7.29. The highest BCUT2D eigenvalue weighted by molar-refractivity contribution is 7.90. The molecule has 2 aromatic carbocycles. The van der Waals surface area contributed by atoms with Crippen molar-refractivity contribution in [3.05, 3.63) is 54.4 Å². The summed E-state index contributed by atoms with van der Waals surface area (Å²) in [7, 11) is -1.79. The molecule has 5 nitrogen and oxygen atoms in total. The van der Waals surface area contributed by atoms with Crippen LogP contribution in [0, 0.1) is 6.92 Å². The van der Waals surface area contributed by atoms with Gasteiger partial charge in [0.25, 0.3) is 0 Å². The van der Waals surface area contributed by atoms with Crippen LogP contribution in [0.4, 0.5) is 0 Å². The van der Waals surface area contributed by atoms with Crippen LogP contribution in [0.1, 0.15) is 5.56 Å². The van der Waals surface area contributed by atoms with Crippen LogP contribution in [0.2, 0.25) is 0 Å². The number of rotatable bonds is 4. The van der Waals surface area contributed by atoms with Crippen molar-refractivity contribution >= 4 is 9.84 Å². The average Bonchev–Trinajstić information content (AvgIpc) is 3.07. The molecule has 0 radical (unpaired) electrons. The second-order valence-electron chi connectivity index (χ2n) is 5.58. The molecule has 0 bridgehead atoms. The summed E-state index contributed by atoms with van der Waals surface area (Å²) in [4.78, 5) is 0.327. The molecule has 0 amide bonds. The third-order valence-electron chi connectivity index (χ3n) is 3.81. The first-order chi connectivity index (χ1) is 11.4. The predicted octanol–water partition coefficient (Wildman–Crippen LogP) is 3.73. The predicted molar refractivity (Wildman–Crippen MR) is 91.8 cm³/mol. The maximum absolute atomic E-state index is 12.3. The fourth-order valence-electron chi connectivity index (χ4n) is 2.77. The lowest BCUT2D eigenvalue weighted by atomic mass is 9.97. The molecule has 0 spiro atoms. The van der Waals surface area contributed by atoms with Gasteiger partial charge in [-0.15, -0.1) is 0 Å². The number of hydrogen-bond donors (Lipinski definition) is 0. The molecule has 0 atom stereocenters. The Balaban J connectivity index is 2.27. The summed E-state index contributed by atoms with van der Waals surface area (Å²) >= 11 is 0. The van der Waals surface area contributed by atoms with Gasteiger partial charge in [0.05, 0.1) is 18.2 Å². The van der Waals surface area contributed by atoms with Crippen molar-refractivity contribution in [1.82, 2.24) is 5.16 Å². The van der Waals surface area contributed by atoms with Gasteiger partial charge in [0.2, 0.25) is 0 Å². The smallest absolute Gasteiger partial charge is 0.176 e. The van der Waals surface area contributed by atoms with E-state index in [4.69, 9.17) is 9.26 Å². The molecule has 3 rings (SSSR count). The molecule has 0 saturated carbocycles. The lowest BCUT2D eigenvalue weighted by molar-refractivity contribution is 0.415. The number of hydrogen-bond acceptors (Lipinski definition) is 5. The number of benzene rings is 2. The normalized spacial score (nSPS) is 11.5. The molecule has 24 heavy (non-hydrogen) atoms. The number of nitrogens with zero attached hydrogens (tertiary/aromatic N) is 1. The summed E-state index contributed by atoms with van der Waals surface area (Å²) in [6.07, 6.45) is 4.36. The molecular formula is C18H17NO4S. The summed E-state index contributed by atoms with van der Waals surface area (Å²) in [5.74, 6) is 0.714. The Kier molecular flexibility index (Phi) is 4.15. The highest BCUT2D eigenvalue weighted by Gasteiger charge is 2.19. The van der Waals surface area contributed by atoms with Gasteiger partial charge in [-0.3, -0.25) is 0 Å². The van der Waals surface area contributed by atoms with Crippen LogP contribution in [-0.4, -0.2) is 26.9 Å². The fraction of sp³-hybridized carbons (Fsp3) is 0.167. The van der Waals surface area contributed by atoms with E-state index in [1.165, 1.54) is 12.5 Å². The van der Waals surface area contributed by atoms with E-state index in [2.05, 4.69) is 5.16 Å². The van der Waals surface area contributed by atoms with E-state index in [1.54, 1.807) is 20.2 Å². The van der Waals surface area contributed by atoms with Crippen LogP contribution < -0.4 is 4.74 Å². The van der Waals surface area contributed by atoms with Crippen LogP contribution >= 0.6 is 0 Å². The summed E-state index contributed by atoms with van der Waals surface area (Å²) in [6, 6.07) is 11.0. The Morgan fingerprint density at radius 3 is 2.29 bits per heavy atom. The molecule has 0 aliphatic carbocycles.